The molecule has 1 N–H and O–H groups in total. The SMILES string of the molecule is CONCc1ccc(-c2noc(C(F)(F)F)n2)cn1. The highest BCUT2D eigenvalue weighted by Gasteiger charge is 2.38. The van der Waals surface area contributed by atoms with Crippen molar-refractivity contribution in [3.63, 3.8) is 0 Å². The summed E-state index contributed by atoms with van der Waals surface area (Å²) in [7, 11) is 1.46. The number of hydrogen-bond acceptors (Lipinski definition) is 6. The molecule has 0 spiro atoms. The lowest BCUT2D eigenvalue weighted by molar-refractivity contribution is -0.159. The summed E-state index contributed by atoms with van der Waals surface area (Å²) in [6, 6.07) is 3.16. The normalized spacial score (nSPS) is 11.8. The van der Waals surface area contributed by atoms with E-state index in [0.717, 1.165) is 0 Å². The molecule has 0 fully saturated rings. The number of nitrogens with zero attached hydrogens (tertiary/aromatic N) is 3. The molecule has 0 aliphatic heterocycles. The minimum Gasteiger partial charge on any atom is -0.329 e. The van der Waals surface area contributed by atoms with Crippen LogP contribution >= 0.6 is 0 Å². The summed E-state index contributed by atoms with van der Waals surface area (Å²) in [6.45, 7) is 0.372. The molecule has 6 nitrogen and oxygen atoms in total. The first-order valence-electron chi connectivity index (χ1n) is 5.13. The third kappa shape index (κ3) is 3.26. The highest BCUT2D eigenvalue weighted by atomic mass is 19.4. The Morgan fingerprint density at radius 2 is 2.16 bits per heavy atom. The van der Waals surface area contributed by atoms with Gasteiger partial charge in [0.2, 0.25) is 5.82 Å². The molecule has 2 aromatic heterocycles. The Labute approximate surface area is 105 Å². The molecule has 0 saturated carbocycles. The molecule has 2 heterocycles. The van der Waals surface area contributed by atoms with Gasteiger partial charge in [0, 0.05) is 11.8 Å². The van der Waals surface area contributed by atoms with Gasteiger partial charge in [-0.05, 0) is 12.1 Å². The fourth-order valence-corrected chi connectivity index (χ4v) is 1.26. The smallest absolute Gasteiger partial charge is 0.329 e. The van der Waals surface area contributed by atoms with E-state index < -0.39 is 12.1 Å². The third-order valence-corrected chi connectivity index (χ3v) is 2.15. The highest BCUT2D eigenvalue weighted by molar-refractivity contribution is 5.52. The third-order valence-electron chi connectivity index (χ3n) is 2.15. The van der Waals surface area contributed by atoms with Crippen LogP contribution in [0.2, 0.25) is 0 Å². The largest absolute Gasteiger partial charge is 0.471 e. The van der Waals surface area contributed by atoms with Crippen LogP contribution in [0.15, 0.2) is 22.9 Å². The first-order valence-corrected chi connectivity index (χ1v) is 5.13. The maximum atomic E-state index is 12.3. The number of alkyl halides is 3. The summed E-state index contributed by atoms with van der Waals surface area (Å²) in [5.74, 6) is -1.54. The van der Waals surface area contributed by atoms with Gasteiger partial charge in [0.25, 0.3) is 0 Å². The molecule has 102 valence electrons. The van der Waals surface area contributed by atoms with E-state index in [1.807, 2.05) is 0 Å². The number of pyridine rings is 1. The van der Waals surface area contributed by atoms with Gasteiger partial charge in [0.05, 0.1) is 19.3 Å². The molecule has 9 heteroatoms. The van der Waals surface area contributed by atoms with E-state index in [2.05, 4.69) is 30.0 Å². The van der Waals surface area contributed by atoms with E-state index in [1.54, 1.807) is 12.1 Å². The zero-order valence-corrected chi connectivity index (χ0v) is 9.73. The van der Waals surface area contributed by atoms with Crippen molar-refractivity contribution in [3.05, 3.63) is 29.9 Å². The zero-order valence-electron chi connectivity index (χ0n) is 9.73. The lowest BCUT2D eigenvalue weighted by Crippen LogP contribution is -2.11. The number of aromatic nitrogens is 3. The van der Waals surface area contributed by atoms with Crippen molar-refractivity contribution >= 4 is 0 Å². The fourth-order valence-electron chi connectivity index (χ4n) is 1.26. The monoisotopic (exact) mass is 274 g/mol. The van der Waals surface area contributed by atoms with E-state index >= 15 is 0 Å². The lowest BCUT2D eigenvalue weighted by Gasteiger charge is -2.01. The summed E-state index contributed by atoms with van der Waals surface area (Å²) in [6.07, 6.45) is -3.29. The van der Waals surface area contributed by atoms with Gasteiger partial charge in [-0.15, -0.1) is 0 Å². The van der Waals surface area contributed by atoms with Gasteiger partial charge in [0.15, 0.2) is 0 Å². The molecule has 0 bridgehead atoms. The van der Waals surface area contributed by atoms with Gasteiger partial charge in [0.1, 0.15) is 0 Å². The van der Waals surface area contributed by atoms with Crippen LogP contribution in [-0.2, 0) is 17.6 Å². The van der Waals surface area contributed by atoms with E-state index in [4.69, 9.17) is 0 Å². The molecule has 0 atom stereocenters. The Kier molecular flexibility index (Phi) is 3.76. The fraction of sp³-hybridized carbons (Fsp3) is 0.300. The van der Waals surface area contributed by atoms with Crippen LogP contribution in [0.5, 0.6) is 0 Å². The van der Waals surface area contributed by atoms with Crippen LogP contribution in [0.1, 0.15) is 11.6 Å². The number of hydroxylamine groups is 1. The number of hydrogen-bond donors (Lipinski definition) is 1. The van der Waals surface area contributed by atoms with Crippen molar-refractivity contribution in [2.75, 3.05) is 7.11 Å². The van der Waals surface area contributed by atoms with Crippen LogP contribution in [-0.4, -0.2) is 22.2 Å². The summed E-state index contributed by atoms with van der Waals surface area (Å²) >= 11 is 0. The van der Waals surface area contributed by atoms with Crippen molar-refractivity contribution in [2.24, 2.45) is 0 Å². The molecule has 0 unspecified atom stereocenters. The van der Waals surface area contributed by atoms with E-state index in [-0.39, 0.29) is 5.82 Å². The van der Waals surface area contributed by atoms with Gasteiger partial charge in [-0.3, -0.25) is 4.98 Å². The van der Waals surface area contributed by atoms with Crippen LogP contribution in [0, 0.1) is 0 Å². The summed E-state index contributed by atoms with van der Waals surface area (Å²) in [5, 5.41) is 3.26. The maximum Gasteiger partial charge on any atom is 0.471 e. The minimum absolute atomic E-state index is 0.161. The maximum absolute atomic E-state index is 12.3. The predicted octanol–water partition coefficient (Wildman–Crippen LogP) is 1.80. The number of halogens is 3. The minimum atomic E-state index is -4.65. The van der Waals surface area contributed by atoms with Gasteiger partial charge in [-0.25, -0.2) is 0 Å². The molecule has 0 aliphatic carbocycles. The Balaban J connectivity index is 2.16. The van der Waals surface area contributed by atoms with Crippen LogP contribution in [0.4, 0.5) is 13.2 Å². The number of nitrogens with one attached hydrogen (secondary N) is 1. The number of rotatable bonds is 4. The van der Waals surface area contributed by atoms with Crippen molar-refractivity contribution in [1.82, 2.24) is 20.6 Å². The van der Waals surface area contributed by atoms with Gasteiger partial charge < -0.3 is 9.36 Å². The van der Waals surface area contributed by atoms with E-state index in [1.165, 1.54) is 13.3 Å². The first-order chi connectivity index (χ1) is 9.00. The van der Waals surface area contributed by atoms with Crippen LogP contribution < -0.4 is 5.48 Å². The quantitative estimate of drug-likeness (QED) is 0.857. The summed E-state index contributed by atoms with van der Waals surface area (Å²) in [5.41, 5.74) is 3.58. The second-order valence-corrected chi connectivity index (χ2v) is 3.48. The second-order valence-electron chi connectivity index (χ2n) is 3.48. The summed E-state index contributed by atoms with van der Waals surface area (Å²) < 4.78 is 41.0. The Hall–Kier alpha value is -2.00. The molecule has 2 aromatic rings. The molecule has 19 heavy (non-hydrogen) atoms. The predicted molar refractivity (Wildman–Crippen MR) is 56.4 cm³/mol. The van der Waals surface area contributed by atoms with Crippen molar-refractivity contribution in [1.29, 1.82) is 0 Å². The molecule has 0 saturated heterocycles. The average Bonchev–Trinajstić information content (AvgIpc) is 2.86. The standard InChI is InChI=1S/C10H9F3N4O2/c1-18-15-5-7-3-2-6(4-14-7)8-16-9(19-17-8)10(11,12)13/h2-4,15H,5H2,1H3. The van der Waals surface area contributed by atoms with Crippen LogP contribution in [0.25, 0.3) is 11.4 Å². The lowest BCUT2D eigenvalue weighted by atomic mass is 10.2. The van der Waals surface area contributed by atoms with E-state index in [9.17, 15) is 13.2 Å². The Bertz CT molecular complexity index is 538. The van der Waals surface area contributed by atoms with Gasteiger partial charge in [-0.1, -0.05) is 5.16 Å². The molecular formula is C10H9F3N4O2. The molecular weight excluding hydrogens is 265 g/mol. The molecule has 0 amide bonds. The van der Waals surface area contributed by atoms with Crippen LogP contribution in [0.3, 0.4) is 0 Å². The Morgan fingerprint density at radius 1 is 1.37 bits per heavy atom. The molecule has 0 aromatic carbocycles. The first kappa shape index (κ1) is 13.4. The second kappa shape index (κ2) is 5.33. The van der Waals surface area contributed by atoms with Gasteiger partial charge in [-0.2, -0.15) is 23.6 Å². The topological polar surface area (TPSA) is 73.1 Å². The molecule has 2 rings (SSSR count). The molecule has 0 radical (unpaired) electrons. The average molecular weight is 274 g/mol. The summed E-state index contributed by atoms with van der Waals surface area (Å²) in [4.78, 5) is 11.9. The van der Waals surface area contributed by atoms with Gasteiger partial charge >= 0.3 is 12.1 Å². The van der Waals surface area contributed by atoms with E-state index in [0.29, 0.717) is 17.8 Å². The van der Waals surface area contributed by atoms with Crippen molar-refractivity contribution < 1.29 is 22.5 Å². The highest BCUT2D eigenvalue weighted by Crippen LogP contribution is 2.29. The molecule has 0 aliphatic rings. The van der Waals surface area contributed by atoms with Crippen molar-refractivity contribution in [2.45, 2.75) is 12.7 Å². The zero-order chi connectivity index (χ0) is 13.9. The Morgan fingerprint density at radius 3 is 2.68 bits per heavy atom. The van der Waals surface area contributed by atoms with Crippen molar-refractivity contribution in [3.8, 4) is 11.4 Å².